The molecule has 0 saturated heterocycles. The summed E-state index contributed by atoms with van der Waals surface area (Å²) in [5.74, 6) is 0. The Kier molecular flexibility index (Phi) is 11.5. The molecule has 0 aliphatic rings. The second-order valence-corrected chi connectivity index (χ2v) is 15.6. The molecule has 0 aliphatic carbocycles. The summed E-state index contributed by atoms with van der Waals surface area (Å²) in [5, 5.41) is 0. The number of aryl methyl sites for hydroxylation is 4. The zero-order valence-electron chi connectivity index (χ0n) is 34.7. The van der Waals surface area contributed by atoms with Gasteiger partial charge in [0.05, 0.1) is 0 Å². The minimum atomic E-state index is 0.680. The molecule has 0 saturated carbocycles. The van der Waals surface area contributed by atoms with Gasteiger partial charge in [-0.25, -0.2) is 0 Å². The van der Waals surface area contributed by atoms with Crippen LogP contribution >= 0.6 is 0 Å². The molecule has 0 aliphatic heterocycles. The van der Waals surface area contributed by atoms with E-state index in [-0.39, 0.29) is 0 Å². The average molecular weight is 779 g/mol. The molecule has 0 bridgehead atoms. The number of anilines is 8. The highest BCUT2D eigenvalue weighted by atomic mass is 15.1. The molecule has 4 N–H and O–H groups in total. The second kappa shape index (κ2) is 17.5. The van der Waals surface area contributed by atoms with Gasteiger partial charge in [0.15, 0.2) is 0 Å². The SMILES string of the molecule is Cc1ccc(N(c2ccc(C)cc2)c2ccc(/C=C/c3ccc(N)c(-c4cc(/C=C/c5ccc(N(c6ccc(C)cc6)c6ccc(C)cc6)cc5)ccc4N)c3)cc2)cc1. The highest BCUT2D eigenvalue weighted by molar-refractivity contribution is 5.89. The molecule has 8 rings (SSSR count). The van der Waals surface area contributed by atoms with Crippen LogP contribution in [-0.4, -0.2) is 0 Å². The van der Waals surface area contributed by atoms with Crippen molar-refractivity contribution in [2.24, 2.45) is 0 Å². The van der Waals surface area contributed by atoms with E-state index >= 15 is 0 Å². The van der Waals surface area contributed by atoms with Gasteiger partial charge in [-0.3, -0.25) is 0 Å². The first-order chi connectivity index (χ1) is 29.2. The minimum Gasteiger partial charge on any atom is -0.398 e. The third-order valence-electron chi connectivity index (χ3n) is 10.9. The molecule has 4 heteroatoms. The van der Waals surface area contributed by atoms with Crippen molar-refractivity contribution in [3.63, 3.8) is 0 Å². The number of nitrogen functional groups attached to an aromatic ring is 2. The van der Waals surface area contributed by atoms with Crippen LogP contribution in [0, 0.1) is 27.7 Å². The van der Waals surface area contributed by atoms with E-state index in [2.05, 4.69) is 220 Å². The molecule has 8 aromatic carbocycles. The zero-order chi connectivity index (χ0) is 41.6. The molecule has 0 amide bonds. The van der Waals surface area contributed by atoms with E-state index < -0.39 is 0 Å². The maximum atomic E-state index is 6.60. The van der Waals surface area contributed by atoms with Crippen molar-refractivity contribution in [3.05, 3.63) is 226 Å². The van der Waals surface area contributed by atoms with Crippen LogP contribution in [0.4, 0.5) is 45.5 Å². The first-order valence-corrected chi connectivity index (χ1v) is 20.4. The number of hydrogen-bond donors (Lipinski definition) is 2. The van der Waals surface area contributed by atoms with Gasteiger partial charge >= 0.3 is 0 Å². The largest absolute Gasteiger partial charge is 0.398 e. The Morgan fingerprint density at radius 2 is 0.500 bits per heavy atom. The van der Waals surface area contributed by atoms with Gasteiger partial charge in [0.2, 0.25) is 0 Å². The predicted molar refractivity (Wildman–Crippen MR) is 260 cm³/mol. The van der Waals surface area contributed by atoms with E-state index in [9.17, 15) is 0 Å². The molecule has 8 aromatic rings. The van der Waals surface area contributed by atoms with Crippen LogP contribution in [-0.2, 0) is 0 Å². The Morgan fingerprint density at radius 1 is 0.283 bits per heavy atom. The van der Waals surface area contributed by atoms with E-state index in [1.807, 2.05) is 24.3 Å². The second-order valence-electron chi connectivity index (χ2n) is 15.6. The molecule has 0 fully saturated rings. The van der Waals surface area contributed by atoms with Gasteiger partial charge in [-0.15, -0.1) is 0 Å². The van der Waals surface area contributed by atoms with Crippen LogP contribution < -0.4 is 21.3 Å². The molecule has 0 spiro atoms. The molecular formula is C56H50N4. The summed E-state index contributed by atoms with van der Waals surface area (Å²) in [7, 11) is 0. The normalized spacial score (nSPS) is 11.3. The Hall–Kier alpha value is -7.56. The first-order valence-electron chi connectivity index (χ1n) is 20.4. The Labute approximate surface area is 355 Å². The molecule has 4 nitrogen and oxygen atoms in total. The van der Waals surface area contributed by atoms with Crippen molar-refractivity contribution >= 4 is 69.8 Å². The summed E-state index contributed by atoms with van der Waals surface area (Å²) in [5.41, 5.74) is 32.3. The lowest BCUT2D eigenvalue weighted by molar-refractivity contribution is 1.27. The zero-order valence-corrected chi connectivity index (χ0v) is 34.7. The summed E-state index contributed by atoms with van der Waals surface area (Å²) in [6, 6.07) is 64.2. The molecule has 0 radical (unpaired) electrons. The van der Waals surface area contributed by atoms with Gasteiger partial charge in [0.25, 0.3) is 0 Å². The van der Waals surface area contributed by atoms with Crippen LogP contribution in [0.2, 0.25) is 0 Å². The number of benzene rings is 8. The molecule has 0 atom stereocenters. The van der Waals surface area contributed by atoms with Gasteiger partial charge < -0.3 is 21.3 Å². The summed E-state index contributed by atoms with van der Waals surface area (Å²) >= 11 is 0. The van der Waals surface area contributed by atoms with E-state index in [0.717, 1.165) is 67.5 Å². The summed E-state index contributed by atoms with van der Waals surface area (Å²) in [6.45, 7) is 8.46. The third kappa shape index (κ3) is 9.09. The first kappa shape index (κ1) is 39.3. The van der Waals surface area contributed by atoms with Crippen molar-refractivity contribution in [2.75, 3.05) is 21.3 Å². The quantitative estimate of drug-likeness (QED) is 0.101. The fourth-order valence-electron chi connectivity index (χ4n) is 7.35. The van der Waals surface area contributed by atoms with Gasteiger partial charge in [-0.1, -0.05) is 131 Å². The van der Waals surface area contributed by atoms with Crippen molar-refractivity contribution in [3.8, 4) is 11.1 Å². The van der Waals surface area contributed by atoms with Crippen molar-refractivity contribution in [1.29, 1.82) is 0 Å². The van der Waals surface area contributed by atoms with E-state index in [4.69, 9.17) is 11.5 Å². The Bertz CT molecular complexity index is 2480. The lowest BCUT2D eigenvalue weighted by Gasteiger charge is -2.25. The van der Waals surface area contributed by atoms with Crippen LogP contribution in [0.3, 0.4) is 0 Å². The standard InChI is InChI=1S/C56H50N4/c1-39-5-23-47(24-6-39)59(48-25-7-40(2)8-26-48)51-31-17-43(18-32-51)13-15-45-21-35-55(57)53(37-45)54-38-46(22-36-56(54)58)16-14-44-19-33-52(34-20-44)60(49-27-9-41(3)10-28-49)50-29-11-42(4)12-30-50/h5-38H,57-58H2,1-4H3/b15-13+,16-14+. The molecule has 0 heterocycles. The van der Waals surface area contributed by atoms with E-state index in [1.165, 1.54) is 22.3 Å². The van der Waals surface area contributed by atoms with Gasteiger partial charge in [0, 0.05) is 56.6 Å². The van der Waals surface area contributed by atoms with Crippen LogP contribution in [0.25, 0.3) is 35.4 Å². The number of rotatable bonds is 11. The third-order valence-corrected chi connectivity index (χ3v) is 10.9. The summed E-state index contributed by atoms with van der Waals surface area (Å²) in [6.07, 6.45) is 8.52. The highest BCUT2D eigenvalue weighted by Crippen LogP contribution is 2.37. The van der Waals surface area contributed by atoms with Gasteiger partial charge in [-0.2, -0.15) is 0 Å². The lowest BCUT2D eigenvalue weighted by atomic mass is 9.97. The lowest BCUT2D eigenvalue weighted by Crippen LogP contribution is -2.09. The van der Waals surface area contributed by atoms with E-state index in [0.29, 0.717) is 11.4 Å². The van der Waals surface area contributed by atoms with E-state index in [1.54, 1.807) is 0 Å². The van der Waals surface area contributed by atoms with Gasteiger partial charge in [0.1, 0.15) is 0 Å². The van der Waals surface area contributed by atoms with Crippen molar-refractivity contribution in [1.82, 2.24) is 0 Å². The van der Waals surface area contributed by atoms with Gasteiger partial charge in [-0.05, 0) is 147 Å². The van der Waals surface area contributed by atoms with Crippen LogP contribution in [0.15, 0.2) is 182 Å². The van der Waals surface area contributed by atoms with Crippen molar-refractivity contribution in [2.45, 2.75) is 27.7 Å². The maximum absolute atomic E-state index is 6.60. The Morgan fingerprint density at radius 3 is 0.767 bits per heavy atom. The maximum Gasteiger partial charge on any atom is 0.0462 e. The number of hydrogen-bond acceptors (Lipinski definition) is 4. The molecule has 0 aromatic heterocycles. The predicted octanol–water partition coefficient (Wildman–Crippen LogP) is 15.0. The topological polar surface area (TPSA) is 58.5 Å². The number of nitrogens with two attached hydrogens (primary N) is 2. The average Bonchev–Trinajstić information content (AvgIpc) is 3.27. The molecule has 294 valence electrons. The van der Waals surface area contributed by atoms with Crippen LogP contribution in [0.1, 0.15) is 44.5 Å². The Balaban J connectivity index is 1.00. The molecular weight excluding hydrogens is 729 g/mol. The summed E-state index contributed by atoms with van der Waals surface area (Å²) in [4.78, 5) is 4.58. The number of nitrogens with zero attached hydrogens (tertiary/aromatic N) is 2. The molecule has 0 unspecified atom stereocenters. The summed E-state index contributed by atoms with van der Waals surface area (Å²) < 4.78 is 0. The monoisotopic (exact) mass is 778 g/mol. The smallest absolute Gasteiger partial charge is 0.0462 e. The minimum absolute atomic E-state index is 0.680. The molecule has 60 heavy (non-hydrogen) atoms. The highest BCUT2D eigenvalue weighted by Gasteiger charge is 2.14. The van der Waals surface area contributed by atoms with Crippen molar-refractivity contribution < 1.29 is 0 Å². The fraction of sp³-hybridized carbons (Fsp3) is 0.0714. The fourth-order valence-corrected chi connectivity index (χ4v) is 7.35. The van der Waals surface area contributed by atoms with Crippen LogP contribution in [0.5, 0.6) is 0 Å².